The van der Waals surface area contributed by atoms with Gasteiger partial charge in [0.1, 0.15) is 6.54 Å². The molecule has 0 spiro atoms. The number of hydrogen-bond donors (Lipinski definition) is 1. The summed E-state index contributed by atoms with van der Waals surface area (Å²) in [7, 11) is 0. The topological polar surface area (TPSA) is 80.6 Å². The van der Waals surface area contributed by atoms with Crippen LogP contribution in [0.3, 0.4) is 0 Å². The minimum absolute atomic E-state index is 0.0684. The van der Waals surface area contributed by atoms with Crippen molar-refractivity contribution in [3.8, 4) is 0 Å². The number of ether oxygens (including phenoxy) is 1. The molecule has 0 aliphatic carbocycles. The van der Waals surface area contributed by atoms with Crippen LogP contribution in [-0.2, 0) is 16.1 Å². The zero-order chi connectivity index (χ0) is 18.5. The molecule has 1 fully saturated rings. The Morgan fingerprint density at radius 1 is 1.12 bits per heavy atom. The molecule has 1 aromatic carbocycles. The molecule has 3 rings (SSSR count). The van der Waals surface area contributed by atoms with Crippen LogP contribution >= 0.6 is 0 Å². The summed E-state index contributed by atoms with van der Waals surface area (Å²) in [5.41, 5.74) is 1.59. The normalized spacial score (nSPS) is 14.1. The molecule has 1 aliphatic heterocycles. The molecule has 2 heterocycles. The molecule has 0 unspecified atom stereocenters. The van der Waals surface area contributed by atoms with Crippen molar-refractivity contribution in [2.24, 2.45) is 0 Å². The van der Waals surface area contributed by atoms with Crippen LogP contribution in [0.15, 0.2) is 47.4 Å². The van der Waals surface area contributed by atoms with E-state index in [2.05, 4.69) is 5.32 Å². The lowest BCUT2D eigenvalue weighted by molar-refractivity contribution is -0.116. The highest BCUT2D eigenvalue weighted by atomic mass is 16.5. The van der Waals surface area contributed by atoms with Crippen LogP contribution in [0.5, 0.6) is 0 Å². The minimum Gasteiger partial charge on any atom is -0.378 e. The van der Waals surface area contributed by atoms with Gasteiger partial charge in [0.15, 0.2) is 0 Å². The van der Waals surface area contributed by atoms with Crippen molar-refractivity contribution >= 4 is 17.5 Å². The number of carbonyl (C=O) groups excluding carboxylic acids is 2. The molecule has 1 aromatic heterocycles. The first kappa shape index (κ1) is 17.9. The lowest BCUT2D eigenvalue weighted by Gasteiger charge is -2.27. The molecule has 0 bridgehead atoms. The molecule has 26 heavy (non-hydrogen) atoms. The van der Waals surface area contributed by atoms with Crippen LogP contribution in [0.4, 0.5) is 5.69 Å². The summed E-state index contributed by atoms with van der Waals surface area (Å²) >= 11 is 0. The van der Waals surface area contributed by atoms with E-state index >= 15 is 0 Å². The molecule has 1 N–H and O–H groups in total. The van der Waals surface area contributed by atoms with Crippen molar-refractivity contribution in [2.45, 2.75) is 13.5 Å². The lowest BCUT2D eigenvalue weighted by Crippen LogP contribution is -2.41. The molecule has 7 nitrogen and oxygen atoms in total. The van der Waals surface area contributed by atoms with E-state index < -0.39 is 0 Å². The van der Waals surface area contributed by atoms with E-state index in [1.54, 1.807) is 48.4 Å². The second-order valence-corrected chi connectivity index (χ2v) is 6.10. The average Bonchev–Trinajstić information content (AvgIpc) is 2.65. The number of hydrogen-bond acceptors (Lipinski definition) is 4. The van der Waals surface area contributed by atoms with Gasteiger partial charge in [-0.1, -0.05) is 12.1 Å². The van der Waals surface area contributed by atoms with E-state index in [0.717, 1.165) is 0 Å². The number of pyridine rings is 1. The van der Waals surface area contributed by atoms with Gasteiger partial charge in [0.2, 0.25) is 5.91 Å². The van der Waals surface area contributed by atoms with Crippen LogP contribution in [0.1, 0.15) is 15.9 Å². The summed E-state index contributed by atoms with van der Waals surface area (Å²) in [6.07, 6.45) is 1.56. The Balaban J connectivity index is 1.74. The molecule has 2 aromatic rings. The van der Waals surface area contributed by atoms with Gasteiger partial charge >= 0.3 is 0 Å². The van der Waals surface area contributed by atoms with Crippen LogP contribution in [0, 0.1) is 6.92 Å². The molecule has 1 saturated heterocycles. The Morgan fingerprint density at radius 3 is 2.62 bits per heavy atom. The first-order valence-electron chi connectivity index (χ1n) is 8.48. The molecule has 7 heteroatoms. The number of morpholine rings is 1. The van der Waals surface area contributed by atoms with Gasteiger partial charge in [-0.2, -0.15) is 0 Å². The van der Waals surface area contributed by atoms with Gasteiger partial charge in [0, 0.05) is 36.6 Å². The number of carbonyl (C=O) groups is 2. The highest BCUT2D eigenvalue weighted by molar-refractivity contribution is 5.99. The maximum atomic E-state index is 12.7. The summed E-state index contributed by atoms with van der Waals surface area (Å²) in [6.45, 7) is 3.91. The van der Waals surface area contributed by atoms with E-state index in [1.807, 2.05) is 0 Å². The highest BCUT2D eigenvalue weighted by Crippen LogP contribution is 2.21. The molecule has 136 valence electrons. The van der Waals surface area contributed by atoms with Crippen LogP contribution in [-0.4, -0.2) is 47.6 Å². The van der Waals surface area contributed by atoms with E-state index in [-0.39, 0.29) is 23.9 Å². The fourth-order valence-corrected chi connectivity index (χ4v) is 2.88. The Labute approximate surface area is 151 Å². The van der Waals surface area contributed by atoms with Gasteiger partial charge in [0.05, 0.1) is 13.2 Å². The van der Waals surface area contributed by atoms with E-state index in [4.69, 9.17) is 4.74 Å². The number of benzene rings is 1. The number of nitrogens with one attached hydrogen (secondary N) is 1. The molecule has 1 aliphatic rings. The zero-order valence-corrected chi connectivity index (χ0v) is 14.6. The first-order chi connectivity index (χ1) is 12.6. The van der Waals surface area contributed by atoms with Crippen LogP contribution in [0.2, 0.25) is 0 Å². The van der Waals surface area contributed by atoms with Crippen molar-refractivity contribution in [1.29, 1.82) is 0 Å². The SMILES string of the molecule is Cc1c(NC(=O)Cn2ccccc2=O)cccc1C(=O)N1CCOCC1. The standard InChI is InChI=1S/C19H21N3O4/c1-14-15(19(25)21-9-11-26-12-10-21)5-4-6-16(14)20-17(23)13-22-8-3-2-7-18(22)24/h2-8H,9-13H2,1H3,(H,20,23). The van der Waals surface area contributed by atoms with Gasteiger partial charge in [-0.25, -0.2) is 0 Å². The van der Waals surface area contributed by atoms with Crippen molar-refractivity contribution in [1.82, 2.24) is 9.47 Å². The predicted molar refractivity (Wildman–Crippen MR) is 97.2 cm³/mol. The molecule has 0 radical (unpaired) electrons. The molecule has 0 atom stereocenters. The summed E-state index contributed by atoms with van der Waals surface area (Å²) < 4.78 is 6.61. The summed E-state index contributed by atoms with van der Waals surface area (Å²) in [5, 5.41) is 2.79. The third kappa shape index (κ3) is 4.00. The monoisotopic (exact) mass is 355 g/mol. The van der Waals surface area contributed by atoms with E-state index in [0.29, 0.717) is 43.1 Å². The predicted octanol–water partition coefficient (Wildman–Crippen LogP) is 1.27. The molecular weight excluding hydrogens is 334 g/mol. The first-order valence-corrected chi connectivity index (χ1v) is 8.48. The maximum absolute atomic E-state index is 12.7. The van der Waals surface area contributed by atoms with Gasteiger partial charge < -0.3 is 19.5 Å². The van der Waals surface area contributed by atoms with Crippen LogP contribution in [0.25, 0.3) is 0 Å². The average molecular weight is 355 g/mol. The number of nitrogens with zero attached hydrogens (tertiary/aromatic N) is 2. The minimum atomic E-state index is -0.322. The fraction of sp³-hybridized carbons (Fsp3) is 0.316. The van der Waals surface area contributed by atoms with Crippen LogP contribution < -0.4 is 10.9 Å². The largest absolute Gasteiger partial charge is 0.378 e. The molecule has 2 amide bonds. The third-order valence-electron chi connectivity index (χ3n) is 4.35. The van der Waals surface area contributed by atoms with E-state index in [9.17, 15) is 14.4 Å². The lowest BCUT2D eigenvalue weighted by atomic mass is 10.0. The Kier molecular flexibility index (Phi) is 5.48. The van der Waals surface area contributed by atoms with Crippen molar-refractivity contribution in [3.63, 3.8) is 0 Å². The van der Waals surface area contributed by atoms with Gasteiger partial charge in [0.25, 0.3) is 11.5 Å². The summed E-state index contributed by atoms with van der Waals surface area (Å²) in [6, 6.07) is 9.97. The molecular formula is C19H21N3O4. The third-order valence-corrected chi connectivity index (χ3v) is 4.35. The maximum Gasteiger partial charge on any atom is 0.254 e. The number of aromatic nitrogens is 1. The Morgan fingerprint density at radius 2 is 1.88 bits per heavy atom. The van der Waals surface area contributed by atoms with Crippen molar-refractivity contribution in [2.75, 3.05) is 31.6 Å². The van der Waals surface area contributed by atoms with Crippen molar-refractivity contribution < 1.29 is 14.3 Å². The smallest absolute Gasteiger partial charge is 0.254 e. The highest BCUT2D eigenvalue weighted by Gasteiger charge is 2.21. The number of anilines is 1. The second kappa shape index (κ2) is 7.97. The summed E-state index contributed by atoms with van der Waals surface area (Å²) in [4.78, 5) is 38.5. The fourth-order valence-electron chi connectivity index (χ4n) is 2.88. The van der Waals surface area contributed by atoms with Gasteiger partial charge in [-0.3, -0.25) is 14.4 Å². The second-order valence-electron chi connectivity index (χ2n) is 6.10. The Bertz CT molecular complexity index is 869. The summed E-state index contributed by atoms with van der Waals surface area (Å²) in [5.74, 6) is -0.390. The molecule has 0 saturated carbocycles. The van der Waals surface area contributed by atoms with Crippen molar-refractivity contribution in [3.05, 3.63) is 64.1 Å². The Hall–Kier alpha value is -2.93. The zero-order valence-electron chi connectivity index (χ0n) is 14.6. The van der Waals surface area contributed by atoms with Gasteiger partial charge in [-0.05, 0) is 30.7 Å². The van der Waals surface area contributed by atoms with E-state index in [1.165, 1.54) is 10.6 Å². The number of amides is 2. The number of rotatable bonds is 4. The quantitative estimate of drug-likeness (QED) is 0.896. The van der Waals surface area contributed by atoms with Gasteiger partial charge in [-0.15, -0.1) is 0 Å².